The van der Waals surface area contributed by atoms with Crippen LogP contribution in [0.5, 0.6) is 0 Å². The summed E-state index contributed by atoms with van der Waals surface area (Å²) in [6.45, 7) is 5.90. The van der Waals surface area contributed by atoms with Gasteiger partial charge >= 0.3 is 0 Å². The number of nitrogen functional groups attached to an aromatic ring is 1. The Hall–Kier alpha value is -1.56. The van der Waals surface area contributed by atoms with Crippen molar-refractivity contribution >= 4 is 11.7 Å². The Morgan fingerprint density at radius 3 is 2.78 bits per heavy atom. The van der Waals surface area contributed by atoms with Crippen molar-refractivity contribution in [3.8, 4) is 0 Å². The molecule has 6 nitrogen and oxygen atoms in total. The molecule has 1 amide bonds. The van der Waals surface area contributed by atoms with Gasteiger partial charge in [0.1, 0.15) is 11.4 Å². The number of nitrogens with one attached hydrogen (secondary N) is 1. The highest BCUT2D eigenvalue weighted by molar-refractivity contribution is 5.98. The number of aryl methyl sites for hydroxylation is 1. The number of rotatable bonds is 6. The van der Waals surface area contributed by atoms with Gasteiger partial charge in [-0.1, -0.05) is 0 Å². The Morgan fingerprint density at radius 1 is 1.61 bits per heavy atom. The molecule has 0 aliphatic rings. The van der Waals surface area contributed by atoms with E-state index in [0.717, 1.165) is 13.0 Å². The summed E-state index contributed by atoms with van der Waals surface area (Å²) in [6, 6.07) is 0.523. The van der Waals surface area contributed by atoms with E-state index < -0.39 is 0 Å². The minimum Gasteiger partial charge on any atom is -0.383 e. The largest absolute Gasteiger partial charge is 0.383 e. The van der Waals surface area contributed by atoms with Gasteiger partial charge in [0.25, 0.3) is 5.91 Å². The quantitative estimate of drug-likeness (QED) is 0.722. The molecule has 0 bridgehead atoms. The second-order valence-electron chi connectivity index (χ2n) is 4.75. The lowest BCUT2D eigenvalue weighted by atomic mass is 10.3. The molecule has 0 aliphatic carbocycles. The fourth-order valence-corrected chi connectivity index (χ4v) is 1.51. The van der Waals surface area contributed by atoms with Gasteiger partial charge in [-0.2, -0.15) is 5.10 Å². The van der Waals surface area contributed by atoms with E-state index >= 15 is 0 Å². The van der Waals surface area contributed by atoms with Crippen LogP contribution in [0.15, 0.2) is 6.20 Å². The van der Waals surface area contributed by atoms with Crippen LogP contribution in [0.2, 0.25) is 0 Å². The molecule has 0 atom stereocenters. The van der Waals surface area contributed by atoms with Crippen LogP contribution in [-0.2, 0) is 7.05 Å². The van der Waals surface area contributed by atoms with Crippen LogP contribution >= 0.6 is 0 Å². The average Bonchev–Trinajstić information content (AvgIpc) is 2.65. The monoisotopic (exact) mass is 253 g/mol. The van der Waals surface area contributed by atoms with Crippen molar-refractivity contribution in [2.75, 3.05) is 25.9 Å². The number of nitrogens with two attached hydrogens (primary N) is 1. The predicted molar refractivity (Wildman–Crippen MR) is 72.3 cm³/mol. The first kappa shape index (κ1) is 14.5. The first-order valence-corrected chi connectivity index (χ1v) is 6.19. The molecule has 1 aromatic heterocycles. The summed E-state index contributed by atoms with van der Waals surface area (Å²) >= 11 is 0. The zero-order valence-electron chi connectivity index (χ0n) is 11.6. The zero-order chi connectivity index (χ0) is 13.7. The van der Waals surface area contributed by atoms with E-state index in [2.05, 4.69) is 36.2 Å². The second kappa shape index (κ2) is 6.39. The number of carbonyl (C=O) groups excluding carboxylic acids is 1. The predicted octanol–water partition coefficient (Wildman–Crippen LogP) is 0.462. The molecule has 1 aromatic rings. The summed E-state index contributed by atoms with van der Waals surface area (Å²) in [5, 5.41) is 6.79. The van der Waals surface area contributed by atoms with Crippen molar-refractivity contribution in [2.45, 2.75) is 26.3 Å². The van der Waals surface area contributed by atoms with Gasteiger partial charge in [-0.15, -0.1) is 0 Å². The van der Waals surface area contributed by atoms with E-state index in [1.165, 1.54) is 10.9 Å². The third kappa shape index (κ3) is 3.73. The molecule has 18 heavy (non-hydrogen) atoms. The van der Waals surface area contributed by atoms with E-state index in [4.69, 9.17) is 5.73 Å². The first-order valence-electron chi connectivity index (χ1n) is 6.19. The fourth-order valence-electron chi connectivity index (χ4n) is 1.51. The minimum atomic E-state index is -0.159. The van der Waals surface area contributed by atoms with E-state index in [1.54, 1.807) is 7.05 Å². The van der Waals surface area contributed by atoms with E-state index in [-0.39, 0.29) is 5.91 Å². The van der Waals surface area contributed by atoms with Crippen LogP contribution in [0.3, 0.4) is 0 Å². The van der Waals surface area contributed by atoms with Gasteiger partial charge in [0.15, 0.2) is 0 Å². The summed E-state index contributed by atoms with van der Waals surface area (Å²) in [7, 11) is 3.79. The topological polar surface area (TPSA) is 76.2 Å². The van der Waals surface area contributed by atoms with E-state index in [1.807, 2.05) is 0 Å². The SMILES string of the molecule is CC(C)N(C)CCCNC(=O)c1cnn(C)c1N. The van der Waals surface area contributed by atoms with E-state index in [9.17, 15) is 4.79 Å². The highest BCUT2D eigenvalue weighted by Gasteiger charge is 2.12. The van der Waals surface area contributed by atoms with Crippen molar-refractivity contribution in [1.82, 2.24) is 20.0 Å². The zero-order valence-corrected chi connectivity index (χ0v) is 11.6. The molecule has 102 valence electrons. The Morgan fingerprint density at radius 2 is 2.28 bits per heavy atom. The second-order valence-corrected chi connectivity index (χ2v) is 4.75. The van der Waals surface area contributed by atoms with Crippen LogP contribution in [0.4, 0.5) is 5.82 Å². The molecule has 1 rings (SSSR count). The molecule has 0 fully saturated rings. The summed E-state index contributed by atoms with van der Waals surface area (Å²) in [4.78, 5) is 14.0. The molecule has 0 spiro atoms. The summed E-state index contributed by atoms with van der Waals surface area (Å²) in [5.41, 5.74) is 6.17. The van der Waals surface area contributed by atoms with Gasteiger partial charge in [0.2, 0.25) is 0 Å². The van der Waals surface area contributed by atoms with Gasteiger partial charge in [-0.05, 0) is 33.9 Å². The molecular formula is C12H23N5O. The lowest BCUT2D eigenvalue weighted by Gasteiger charge is -2.20. The van der Waals surface area contributed by atoms with Gasteiger partial charge in [-0.3, -0.25) is 9.48 Å². The van der Waals surface area contributed by atoms with Crippen LogP contribution in [0.1, 0.15) is 30.6 Å². The number of aromatic nitrogens is 2. The van der Waals surface area contributed by atoms with Crippen molar-refractivity contribution in [1.29, 1.82) is 0 Å². The number of hydrogen-bond donors (Lipinski definition) is 2. The molecule has 1 heterocycles. The lowest BCUT2D eigenvalue weighted by molar-refractivity contribution is 0.0952. The Kier molecular flexibility index (Phi) is 5.15. The summed E-state index contributed by atoms with van der Waals surface area (Å²) < 4.78 is 1.49. The van der Waals surface area contributed by atoms with Crippen LogP contribution < -0.4 is 11.1 Å². The number of anilines is 1. The number of nitrogens with zero attached hydrogens (tertiary/aromatic N) is 3. The smallest absolute Gasteiger partial charge is 0.256 e. The van der Waals surface area contributed by atoms with Gasteiger partial charge in [0.05, 0.1) is 6.20 Å². The fraction of sp³-hybridized carbons (Fsp3) is 0.667. The summed E-state index contributed by atoms with van der Waals surface area (Å²) in [5.74, 6) is 0.236. The molecular weight excluding hydrogens is 230 g/mol. The van der Waals surface area contributed by atoms with Crippen molar-refractivity contribution in [3.63, 3.8) is 0 Å². The van der Waals surface area contributed by atoms with Crippen LogP contribution in [-0.4, -0.2) is 46.8 Å². The Labute approximate surface area is 108 Å². The van der Waals surface area contributed by atoms with Gasteiger partial charge < -0.3 is 16.0 Å². The normalized spacial score (nSPS) is 11.2. The molecule has 0 saturated heterocycles. The number of carbonyl (C=O) groups is 1. The third-order valence-electron chi connectivity index (χ3n) is 3.08. The number of hydrogen-bond acceptors (Lipinski definition) is 4. The van der Waals surface area contributed by atoms with Crippen molar-refractivity contribution in [3.05, 3.63) is 11.8 Å². The third-order valence-corrected chi connectivity index (χ3v) is 3.08. The standard InChI is InChI=1S/C12H23N5O/c1-9(2)16(3)7-5-6-14-12(18)10-8-15-17(4)11(10)13/h8-9H,5-7,13H2,1-4H3,(H,14,18). The molecule has 3 N–H and O–H groups in total. The molecule has 0 aromatic carbocycles. The first-order chi connectivity index (χ1) is 8.43. The number of amides is 1. The van der Waals surface area contributed by atoms with Crippen LogP contribution in [0.25, 0.3) is 0 Å². The molecule has 0 saturated carbocycles. The molecule has 0 unspecified atom stereocenters. The van der Waals surface area contributed by atoms with Crippen molar-refractivity contribution in [2.24, 2.45) is 7.05 Å². The highest BCUT2D eigenvalue weighted by atomic mass is 16.1. The molecule has 0 radical (unpaired) electrons. The molecule has 6 heteroatoms. The van der Waals surface area contributed by atoms with Gasteiger partial charge in [-0.25, -0.2) is 0 Å². The maximum atomic E-state index is 11.8. The maximum Gasteiger partial charge on any atom is 0.256 e. The molecule has 0 aliphatic heterocycles. The van der Waals surface area contributed by atoms with E-state index in [0.29, 0.717) is 24.0 Å². The average molecular weight is 253 g/mol. The maximum absolute atomic E-state index is 11.8. The summed E-state index contributed by atoms with van der Waals surface area (Å²) in [6.07, 6.45) is 2.41. The highest BCUT2D eigenvalue weighted by Crippen LogP contribution is 2.08. The minimum absolute atomic E-state index is 0.159. The van der Waals surface area contributed by atoms with Gasteiger partial charge in [0, 0.05) is 19.6 Å². The van der Waals surface area contributed by atoms with Crippen LogP contribution in [0, 0.1) is 0 Å². The lowest BCUT2D eigenvalue weighted by Crippen LogP contribution is -2.31. The van der Waals surface area contributed by atoms with Crippen molar-refractivity contribution < 1.29 is 4.79 Å². The Balaban J connectivity index is 2.32. The Bertz CT molecular complexity index is 399.